The first-order valence-electron chi connectivity index (χ1n) is 10.7. The van der Waals surface area contributed by atoms with E-state index in [1.54, 1.807) is 0 Å². The van der Waals surface area contributed by atoms with Gasteiger partial charge >= 0.3 is 0 Å². The smallest absolute Gasteiger partial charge is 0.224 e. The summed E-state index contributed by atoms with van der Waals surface area (Å²) in [5.41, 5.74) is 1.42. The van der Waals surface area contributed by atoms with Gasteiger partial charge in [-0.1, -0.05) is 31.4 Å². The Morgan fingerprint density at radius 1 is 1.26 bits per heavy atom. The molecule has 1 unspecified atom stereocenters. The molecule has 2 heterocycles. The maximum atomic E-state index is 4.73. The summed E-state index contributed by atoms with van der Waals surface area (Å²) in [7, 11) is 2.20. The second kappa shape index (κ2) is 12.0. The lowest BCUT2D eigenvalue weighted by molar-refractivity contribution is 0.288. The summed E-state index contributed by atoms with van der Waals surface area (Å²) in [4.78, 5) is 13.9. The molecule has 152 valence electrons. The van der Waals surface area contributed by atoms with Crippen molar-refractivity contribution in [3.8, 4) is 0 Å². The topological polar surface area (TPSA) is 44.3 Å². The molecule has 5 heteroatoms. The highest BCUT2D eigenvalue weighted by Gasteiger charge is 2.12. The van der Waals surface area contributed by atoms with E-state index >= 15 is 0 Å². The maximum absolute atomic E-state index is 4.73. The highest BCUT2D eigenvalue weighted by Crippen LogP contribution is 2.17. The Kier molecular flexibility index (Phi) is 9.60. The van der Waals surface area contributed by atoms with Gasteiger partial charge in [-0.15, -0.1) is 0 Å². The van der Waals surface area contributed by atoms with Gasteiger partial charge < -0.3 is 15.1 Å². The predicted octanol–water partition coefficient (Wildman–Crippen LogP) is 4.58. The van der Waals surface area contributed by atoms with Gasteiger partial charge in [0.1, 0.15) is 5.82 Å². The Hall–Kier alpha value is -1.62. The van der Waals surface area contributed by atoms with Crippen LogP contribution in [0.25, 0.3) is 0 Å². The molecule has 0 aromatic carbocycles. The molecule has 1 atom stereocenters. The Morgan fingerprint density at radius 2 is 2.00 bits per heavy atom. The van der Waals surface area contributed by atoms with E-state index in [-0.39, 0.29) is 0 Å². The molecule has 0 aliphatic carbocycles. The fraction of sp³-hybridized carbons (Fsp3) is 0.727. The fourth-order valence-electron chi connectivity index (χ4n) is 3.64. The van der Waals surface area contributed by atoms with E-state index in [0.717, 1.165) is 44.5 Å². The number of allylic oxidation sites excluding steroid dienone is 2. The van der Waals surface area contributed by atoms with Gasteiger partial charge in [-0.2, -0.15) is 4.98 Å². The van der Waals surface area contributed by atoms with Crippen LogP contribution in [0.2, 0.25) is 0 Å². The van der Waals surface area contributed by atoms with Crippen LogP contribution in [0.1, 0.15) is 59.3 Å². The predicted molar refractivity (Wildman–Crippen MR) is 117 cm³/mol. The van der Waals surface area contributed by atoms with Crippen LogP contribution in [0.15, 0.2) is 23.9 Å². The summed E-state index contributed by atoms with van der Waals surface area (Å²) in [5, 5.41) is 3.40. The molecule has 1 aromatic heterocycles. The van der Waals surface area contributed by atoms with Gasteiger partial charge in [0.15, 0.2) is 0 Å². The number of nitrogens with zero attached hydrogens (tertiary/aromatic N) is 4. The summed E-state index contributed by atoms with van der Waals surface area (Å²) in [6, 6.07) is 2.04. The minimum absolute atomic E-state index is 0.716. The summed E-state index contributed by atoms with van der Waals surface area (Å²) in [6.45, 7) is 11.9. The monoisotopic (exact) mass is 373 g/mol. The average molecular weight is 374 g/mol. The molecule has 0 spiro atoms. The lowest BCUT2D eigenvalue weighted by Crippen LogP contribution is -2.30. The van der Waals surface area contributed by atoms with Crippen molar-refractivity contribution in [2.45, 2.75) is 59.3 Å². The van der Waals surface area contributed by atoms with Crippen molar-refractivity contribution in [3.63, 3.8) is 0 Å². The lowest BCUT2D eigenvalue weighted by atomic mass is 10.0. The van der Waals surface area contributed by atoms with E-state index in [0.29, 0.717) is 5.92 Å². The van der Waals surface area contributed by atoms with E-state index in [9.17, 15) is 0 Å². The number of nitrogens with one attached hydrogen (secondary N) is 1. The standard InChI is InChI=1S/C22H39N5/c1-19(2)10-9-11-20(3)18-26(4)17-14-24-22-23-13-12-21(25-22)27-15-7-5-6-8-16-27/h10,12-13,20H,5-9,11,14-18H2,1-4H3,(H,23,24,25). The molecule has 0 bridgehead atoms. The maximum Gasteiger partial charge on any atom is 0.224 e. The normalized spacial score (nSPS) is 16.1. The van der Waals surface area contributed by atoms with Gasteiger partial charge in [-0.25, -0.2) is 4.98 Å². The molecular formula is C22H39N5. The minimum Gasteiger partial charge on any atom is -0.356 e. The summed E-state index contributed by atoms with van der Waals surface area (Å²) >= 11 is 0. The van der Waals surface area contributed by atoms with Crippen LogP contribution in [0.3, 0.4) is 0 Å². The molecule has 2 rings (SSSR count). The summed E-state index contributed by atoms with van der Waals surface area (Å²) in [5.74, 6) is 2.53. The highest BCUT2D eigenvalue weighted by molar-refractivity contribution is 5.42. The number of hydrogen-bond acceptors (Lipinski definition) is 5. The Labute approximate surface area is 166 Å². The number of hydrogen-bond donors (Lipinski definition) is 1. The van der Waals surface area contributed by atoms with Gasteiger partial charge in [0, 0.05) is 38.9 Å². The van der Waals surface area contributed by atoms with Crippen molar-refractivity contribution in [2.24, 2.45) is 5.92 Å². The zero-order chi connectivity index (χ0) is 19.5. The molecule has 5 nitrogen and oxygen atoms in total. The third-order valence-electron chi connectivity index (χ3n) is 5.18. The average Bonchev–Trinajstić information content (AvgIpc) is 2.91. The van der Waals surface area contributed by atoms with Crippen LogP contribution in [-0.2, 0) is 0 Å². The van der Waals surface area contributed by atoms with Crippen LogP contribution in [0, 0.1) is 5.92 Å². The van der Waals surface area contributed by atoms with Gasteiger partial charge in [-0.05, 0) is 58.6 Å². The second-order valence-corrected chi connectivity index (χ2v) is 8.29. The van der Waals surface area contributed by atoms with Crippen LogP contribution < -0.4 is 10.2 Å². The van der Waals surface area contributed by atoms with Gasteiger partial charge in [0.25, 0.3) is 0 Å². The molecule has 1 fully saturated rings. The zero-order valence-corrected chi connectivity index (χ0v) is 17.9. The summed E-state index contributed by atoms with van der Waals surface area (Å²) < 4.78 is 0. The quantitative estimate of drug-likeness (QED) is 0.608. The Morgan fingerprint density at radius 3 is 2.70 bits per heavy atom. The first kappa shape index (κ1) is 21.7. The fourth-order valence-corrected chi connectivity index (χ4v) is 3.64. The van der Waals surface area contributed by atoms with Gasteiger partial charge in [0.2, 0.25) is 5.95 Å². The number of anilines is 2. The van der Waals surface area contributed by atoms with E-state index in [1.807, 2.05) is 12.3 Å². The summed E-state index contributed by atoms with van der Waals surface area (Å²) in [6.07, 6.45) is 11.9. The van der Waals surface area contributed by atoms with Crippen LogP contribution in [0.5, 0.6) is 0 Å². The third-order valence-corrected chi connectivity index (χ3v) is 5.18. The van der Waals surface area contributed by atoms with Crippen molar-refractivity contribution in [1.29, 1.82) is 0 Å². The number of likely N-dealkylation sites (N-methyl/N-ethyl adjacent to an activating group) is 1. The van der Waals surface area contributed by atoms with Crippen LogP contribution >= 0.6 is 0 Å². The zero-order valence-electron chi connectivity index (χ0n) is 17.9. The molecule has 0 amide bonds. The van der Waals surface area contributed by atoms with Crippen molar-refractivity contribution in [1.82, 2.24) is 14.9 Å². The van der Waals surface area contributed by atoms with Crippen molar-refractivity contribution >= 4 is 11.8 Å². The van der Waals surface area contributed by atoms with Crippen molar-refractivity contribution < 1.29 is 0 Å². The minimum atomic E-state index is 0.716. The van der Waals surface area contributed by atoms with Crippen LogP contribution in [-0.4, -0.2) is 54.6 Å². The third kappa shape index (κ3) is 8.74. The van der Waals surface area contributed by atoms with Gasteiger partial charge in [-0.3, -0.25) is 0 Å². The molecule has 1 aliphatic rings. The second-order valence-electron chi connectivity index (χ2n) is 8.29. The Balaban J connectivity index is 1.71. The molecule has 0 radical (unpaired) electrons. The first-order chi connectivity index (χ1) is 13.0. The SMILES string of the molecule is CC(C)=CCCC(C)CN(C)CCNc1nccc(N2CCCCCC2)n1. The van der Waals surface area contributed by atoms with E-state index in [4.69, 9.17) is 4.98 Å². The number of rotatable bonds is 10. The molecule has 27 heavy (non-hydrogen) atoms. The first-order valence-corrected chi connectivity index (χ1v) is 10.7. The van der Waals surface area contributed by atoms with E-state index < -0.39 is 0 Å². The molecule has 1 saturated heterocycles. The molecule has 1 aliphatic heterocycles. The van der Waals surface area contributed by atoms with E-state index in [2.05, 4.69) is 54.0 Å². The van der Waals surface area contributed by atoms with Crippen LogP contribution in [0.4, 0.5) is 11.8 Å². The molecule has 0 saturated carbocycles. The lowest BCUT2D eigenvalue weighted by Gasteiger charge is -2.22. The largest absolute Gasteiger partial charge is 0.356 e. The molecular weight excluding hydrogens is 334 g/mol. The van der Waals surface area contributed by atoms with Crippen molar-refractivity contribution in [2.75, 3.05) is 50.0 Å². The molecule has 1 N–H and O–H groups in total. The number of aromatic nitrogens is 2. The highest BCUT2D eigenvalue weighted by atomic mass is 15.2. The van der Waals surface area contributed by atoms with E-state index in [1.165, 1.54) is 44.1 Å². The van der Waals surface area contributed by atoms with Crippen molar-refractivity contribution in [3.05, 3.63) is 23.9 Å². The molecule has 1 aromatic rings. The van der Waals surface area contributed by atoms with Gasteiger partial charge in [0.05, 0.1) is 0 Å². The Bertz CT molecular complexity index is 560.